The molecule has 1 aromatic carbocycles. The lowest BCUT2D eigenvalue weighted by Gasteiger charge is -2.18. The van der Waals surface area contributed by atoms with Gasteiger partial charge in [0.2, 0.25) is 5.91 Å². The number of benzene rings is 1. The fraction of sp³-hybridized carbons (Fsp3) is 0.250. The minimum atomic E-state index is -0.472. The fourth-order valence-corrected chi connectivity index (χ4v) is 3.82. The summed E-state index contributed by atoms with van der Waals surface area (Å²) in [6.07, 6.45) is 0.159. The van der Waals surface area contributed by atoms with E-state index in [-0.39, 0.29) is 24.9 Å². The molecule has 4 rings (SSSR count). The highest BCUT2D eigenvalue weighted by Crippen LogP contribution is 2.29. The average molecular weight is 382 g/mol. The minimum Gasteiger partial charge on any atom is -0.459 e. The summed E-state index contributed by atoms with van der Waals surface area (Å²) in [6.45, 7) is 2.31. The first-order valence-electron chi connectivity index (χ1n) is 8.64. The van der Waals surface area contributed by atoms with Gasteiger partial charge in [-0.25, -0.2) is 0 Å². The molecule has 3 aromatic rings. The highest BCUT2D eigenvalue weighted by Gasteiger charge is 2.36. The van der Waals surface area contributed by atoms with Gasteiger partial charge in [0.05, 0.1) is 10.8 Å². The fourth-order valence-electron chi connectivity index (χ4n) is 3.14. The third kappa shape index (κ3) is 3.64. The van der Waals surface area contributed by atoms with Crippen molar-refractivity contribution in [1.29, 1.82) is 0 Å². The van der Waals surface area contributed by atoms with Gasteiger partial charge in [-0.1, -0.05) is 29.4 Å². The molecule has 1 aliphatic heterocycles. The standard InChI is InChI=1S/C20H18N2O4S/c1-13-5-2-3-6-16(13)22-11-14(9-19(22)23)20(24)25-12-15-10-17(26-21-15)18-7-4-8-27-18/h2-8,10,14H,9,11-12H2,1H3. The van der Waals surface area contributed by atoms with Crippen molar-refractivity contribution >= 4 is 28.9 Å². The molecule has 138 valence electrons. The van der Waals surface area contributed by atoms with Crippen molar-refractivity contribution in [1.82, 2.24) is 5.16 Å². The summed E-state index contributed by atoms with van der Waals surface area (Å²) in [4.78, 5) is 27.4. The highest BCUT2D eigenvalue weighted by molar-refractivity contribution is 7.13. The van der Waals surface area contributed by atoms with Crippen LogP contribution in [0.1, 0.15) is 17.7 Å². The second-order valence-corrected chi connectivity index (χ2v) is 7.41. The zero-order chi connectivity index (χ0) is 18.8. The van der Waals surface area contributed by atoms with Crippen LogP contribution in [0.4, 0.5) is 5.69 Å². The van der Waals surface area contributed by atoms with Gasteiger partial charge >= 0.3 is 5.97 Å². The lowest BCUT2D eigenvalue weighted by atomic mass is 10.1. The van der Waals surface area contributed by atoms with Crippen LogP contribution in [0.5, 0.6) is 0 Å². The summed E-state index contributed by atoms with van der Waals surface area (Å²) in [7, 11) is 0. The molecule has 2 aromatic heterocycles. The van der Waals surface area contributed by atoms with Crippen LogP contribution in [-0.2, 0) is 20.9 Å². The van der Waals surface area contributed by atoms with E-state index in [0.29, 0.717) is 18.0 Å². The van der Waals surface area contributed by atoms with Gasteiger partial charge in [0.1, 0.15) is 12.3 Å². The Kier molecular flexibility index (Phi) is 4.77. The summed E-state index contributed by atoms with van der Waals surface area (Å²) in [5.41, 5.74) is 2.39. The first-order valence-corrected chi connectivity index (χ1v) is 9.52. The Balaban J connectivity index is 1.37. The van der Waals surface area contributed by atoms with Gasteiger partial charge in [-0.15, -0.1) is 11.3 Å². The molecular formula is C20H18N2O4S. The predicted molar refractivity (Wildman–Crippen MR) is 101 cm³/mol. The molecule has 0 spiro atoms. The summed E-state index contributed by atoms with van der Waals surface area (Å²) < 4.78 is 10.6. The number of nitrogens with zero attached hydrogens (tertiary/aromatic N) is 2. The van der Waals surface area contributed by atoms with Gasteiger partial charge in [-0.2, -0.15) is 0 Å². The first kappa shape index (κ1) is 17.5. The van der Waals surface area contributed by atoms with Crippen LogP contribution in [0, 0.1) is 12.8 Å². The first-order chi connectivity index (χ1) is 13.1. The number of thiophene rings is 1. The van der Waals surface area contributed by atoms with E-state index in [9.17, 15) is 9.59 Å². The maximum absolute atomic E-state index is 12.4. The van der Waals surface area contributed by atoms with Gasteiger partial charge in [0.15, 0.2) is 5.76 Å². The summed E-state index contributed by atoms with van der Waals surface area (Å²) in [5.74, 6) is -0.272. The van der Waals surface area contributed by atoms with E-state index in [1.165, 1.54) is 0 Å². The molecule has 0 saturated carbocycles. The highest BCUT2D eigenvalue weighted by atomic mass is 32.1. The molecule has 1 amide bonds. The van der Waals surface area contributed by atoms with Crippen LogP contribution in [0.15, 0.2) is 52.4 Å². The van der Waals surface area contributed by atoms with Gasteiger partial charge in [-0.3, -0.25) is 9.59 Å². The third-order valence-corrected chi connectivity index (χ3v) is 5.43. The van der Waals surface area contributed by atoms with E-state index >= 15 is 0 Å². The molecule has 3 heterocycles. The zero-order valence-electron chi connectivity index (χ0n) is 14.8. The number of carbonyl (C=O) groups is 2. The van der Waals surface area contributed by atoms with Crippen molar-refractivity contribution in [2.75, 3.05) is 11.4 Å². The second-order valence-electron chi connectivity index (χ2n) is 6.46. The number of hydrogen-bond acceptors (Lipinski definition) is 6. The number of aryl methyl sites for hydroxylation is 1. The molecule has 0 bridgehead atoms. The van der Waals surface area contributed by atoms with Crippen LogP contribution in [0.2, 0.25) is 0 Å². The molecule has 0 aliphatic carbocycles. The normalized spacial score (nSPS) is 16.7. The number of rotatable bonds is 5. The smallest absolute Gasteiger partial charge is 0.311 e. The van der Waals surface area contributed by atoms with E-state index in [4.69, 9.17) is 9.26 Å². The Bertz CT molecular complexity index is 964. The molecule has 6 nitrogen and oxygen atoms in total. The van der Waals surface area contributed by atoms with E-state index in [1.54, 1.807) is 22.3 Å². The van der Waals surface area contributed by atoms with E-state index < -0.39 is 5.92 Å². The van der Waals surface area contributed by atoms with Crippen molar-refractivity contribution in [3.8, 4) is 10.6 Å². The van der Waals surface area contributed by atoms with Crippen molar-refractivity contribution in [2.45, 2.75) is 20.0 Å². The quantitative estimate of drug-likeness (QED) is 0.628. The van der Waals surface area contributed by atoms with Crippen molar-refractivity contribution in [2.24, 2.45) is 5.92 Å². The number of ether oxygens (including phenoxy) is 1. The molecule has 7 heteroatoms. The maximum Gasteiger partial charge on any atom is 0.311 e. The molecule has 27 heavy (non-hydrogen) atoms. The largest absolute Gasteiger partial charge is 0.459 e. The molecule has 1 fully saturated rings. The molecule has 1 atom stereocenters. The van der Waals surface area contributed by atoms with Crippen LogP contribution in [0.3, 0.4) is 0 Å². The van der Waals surface area contributed by atoms with Gasteiger partial charge < -0.3 is 14.2 Å². The van der Waals surface area contributed by atoms with Crippen LogP contribution in [0.25, 0.3) is 10.6 Å². The maximum atomic E-state index is 12.4. The number of carbonyl (C=O) groups excluding carboxylic acids is 2. The summed E-state index contributed by atoms with van der Waals surface area (Å²) in [6, 6.07) is 13.3. The molecule has 0 N–H and O–H groups in total. The van der Waals surface area contributed by atoms with Crippen molar-refractivity contribution in [3.63, 3.8) is 0 Å². The molecule has 1 unspecified atom stereocenters. The van der Waals surface area contributed by atoms with Gasteiger partial charge in [-0.05, 0) is 30.0 Å². The summed E-state index contributed by atoms with van der Waals surface area (Å²) >= 11 is 1.55. The van der Waals surface area contributed by atoms with Crippen LogP contribution < -0.4 is 4.90 Å². The number of para-hydroxylation sites is 1. The Morgan fingerprint density at radius 3 is 2.96 bits per heavy atom. The zero-order valence-corrected chi connectivity index (χ0v) is 15.6. The number of hydrogen-bond donors (Lipinski definition) is 0. The lowest BCUT2D eigenvalue weighted by molar-refractivity contribution is -0.149. The van der Waals surface area contributed by atoms with E-state index in [1.807, 2.05) is 48.7 Å². The number of anilines is 1. The summed E-state index contributed by atoms with van der Waals surface area (Å²) in [5, 5.41) is 5.89. The van der Waals surface area contributed by atoms with E-state index in [2.05, 4.69) is 5.16 Å². The van der Waals surface area contributed by atoms with Crippen LogP contribution >= 0.6 is 11.3 Å². The predicted octanol–water partition coefficient (Wildman–Crippen LogP) is 3.81. The van der Waals surface area contributed by atoms with Gasteiger partial charge in [0.25, 0.3) is 0 Å². The second kappa shape index (κ2) is 7.36. The molecular weight excluding hydrogens is 364 g/mol. The monoisotopic (exact) mass is 382 g/mol. The van der Waals surface area contributed by atoms with Crippen LogP contribution in [-0.4, -0.2) is 23.6 Å². The number of amides is 1. The number of aromatic nitrogens is 1. The third-order valence-electron chi connectivity index (χ3n) is 4.55. The van der Waals surface area contributed by atoms with E-state index in [0.717, 1.165) is 16.1 Å². The SMILES string of the molecule is Cc1ccccc1N1CC(C(=O)OCc2cc(-c3cccs3)on2)CC1=O. The Morgan fingerprint density at radius 2 is 2.19 bits per heavy atom. The Morgan fingerprint density at radius 1 is 1.33 bits per heavy atom. The Labute approximate surface area is 160 Å². The molecule has 0 radical (unpaired) electrons. The van der Waals surface area contributed by atoms with Crippen molar-refractivity contribution in [3.05, 3.63) is 59.1 Å². The van der Waals surface area contributed by atoms with Crippen molar-refractivity contribution < 1.29 is 18.8 Å². The number of esters is 1. The topological polar surface area (TPSA) is 72.6 Å². The average Bonchev–Trinajstić information content (AvgIpc) is 3.40. The lowest BCUT2D eigenvalue weighted by Crippen LogP contribution is -2.27. The Hall–Kier alpha value is -2.93. The molecule has 1 saturated heterocycles. The van der Waals surface area contributed by atoms with Gasteiger partial charge in [0, 0.05) is 24.7 Å². The molecule has 1 aliphatic rings. The minimum absolute atomic E-state index is 0.0305.